The fraction of sp³-hybridized carbons (Fsp3) is 0.211. The molecule has 0 bridgehead atoms. The van der Waals surface area contributed by atoms with Crippen LogP contribution in [0.5, 0.6) is 0 Å². The van der Waals surface area contributed by atoms with Crippen molar-refractivity contribution in [3.8, 4) is 0 Å². The van der Waals surface area contributed by atoms with E-state index in [4.69, 9.17) is 27.9 Å². The van der Waals surface area contributed by atoms with Crippen LogP contribution < -0.4 is 10.2 Å². The molecule has 0 aliphatic heterocycles. The Morgan fingerprint density at radius 3 is 2.41 bits per heavy atom. The first kappa shape index (κ1) is 20.7. The summed E-state index contributed by atoms with van der Waals surface area (Å²) in [4.78, 5) is 37.7. The summed E-state index contributed by atoms with van der Waals surface area (Å²) >= 11 is 11.7. The molecule has 0 aliphatic carbocycles. The summed E-state index contributed by atoms with van der Waals surface area (Å²) in [5, 5.41) is 2.96. The smallest absolute Gasteiger partial charge is 0.326 e. The largest absolute Gasteiger partial charge is 0.451 e. The van der Waals surface area contributed by atoms with E-state index in [0.717, 1.165) is 0 Å². The van der Waals surface area contributed by atoms with Crippen molar-refractivity contribution in [1.82, 2.24) is 5.32 Å². The summed E-state index contributed by atoms with van der Waals surface area (Å²) in [7, 11) is 1.59. The molecular weight excluding hydrogens is 391 g/mol. The van der Waals surface area contributed by atoms with E-state index < -0.39 is 24.5 Å². The average Bonchev–Trinajstić information content (AvgIpc) is 2.65. The van der Waals surface area contributed by atoms with Gasteiger partial charge in [-0.1, -0.05) is 41.4 Å². The van der Waals surface area contributed by atoms with Crippen LogP contribution in [0, 0.1) is 0 Å². The van der Waals surface area contributed by atoms with Gasteiger partial charge in [0, 0.05) is 17.8 Å². The topological polar surface area (TPSA) is 75.7 Å². The van der Waals surface area contributed by atoms with Gasteiger partial charge in [0.25, 0.3) is 11.8 Å². The molecule has 8 heteroatoms. The number of amides is 2. The summed E-state index contributed by atoms with van der Waals surface area (Å²) in [5.41, 5.74) is 0.859. The first-order chi connectivity index (χ1) is 12.8. The van der Waals surface area contributed by atoms with E-state index in [0.29, 0.717) is 10.7 Å². The average molecular weight is 409 g/mol. The zero-order chi connectivity index (χ0) is 20.0. The normalized spacial score (nSPS) is 11.4. The Bertz CT molecular complexity index is 843. The second-order valence-corrected chi connectivity index (χ2v) is 6.52. The third kappa shape index (κ3) is 5.70. The highest BCUT2D eigenvalue weighted by Gasteiger charge is 2.22. The van der Waals surface area contributed by atoms with Gasteiger partial charge in [0.1, 0.15) is 6.54 Å². The SMILES string of the molecule is C[C@H](OC(=O)CNC(=O)c1ccc(Cl)cc1Cl)C(=O)N(C)c1ccccc1. The molecule has 0 saturated heterocycles. The fourth-order valence-electron chi connectivity index (χ4n) is 2.26. The molecule has 1 N–H and O–H groups in total. The first-order valence-electron chi connectivity index (χ1n) is 8.05. The van der Waals surface area contributed by atoms with Gasteiger partial charge in [-0.2, -0.15) is 0 Å². The summed E-state index contributed by atoms with van der Waals surface area (Å²) in [6.07, 6.45) is -1.00. The lowest BCUT2D eigenvalue weighted by atomic mass is 10.2. The number of ether oxygens (including phenoxy) is 1. The lowest BCUT2D eigenvalue weighted by Crippen LogP contribution is -2.39. The molecule has 6 nitrogen and oxygen atoms in total. The van der Waals surface area contributed by atoms with E-state index in [1.165, 1.54) is 30.0 Å². The minimum Gasteiger partial charge on any atom is -0.451 e. The molecule has 0 saturated carbocycles. The number of nitrogens with one attached hydrogen (secondary N) is 1. The van der Waals surface area contributed by atoms with Crippen LogP contribution in [0.15, 0.2) is 48.5 Å². The van der Waals surface area contributed by atoms with Crippen molar-refractivity contribution in [1.29, 1.82) is 0 Å². The van der Waals surface area contributed by atoms with Gasteiger partial charge in [-0.05, 0) is 37.3 Å². The van der Waals surface area contributed by atoms with Gasteiger partial charge in [-0.3, -0.25) is 14.4 Å². The maximum Gasteiger partial charge on any atom is 0.326 e. The summed E-state index contributed by atoms with van der Waals surface area (Å²) < 4.78 is 5.09. The molecule has 0 aliphatic rings. The van der Waals surface area contributed by atoms with Crippen LogP contribution in [-0.4, -0.2) is 37.5 Å². The quantitative estimate of drug-likeness (QED) is 0.743. The standard InChI is InChI=1S/C19H18Cl2N2O4/c1-12(19(26)23(2)14-6-4-3-5-7-14)27-17(24)11-22-18(25)15-9-8-13(20)10-16(15)21/h3-10,12H,11H2,1-2H3,(H,22,25)/t12-/m0/s1. The van der Waals surface area contributed by atoms with Crippen molar-refractivity contribution >= 4 is 46.7 Å². The van der Waals surface area contributed by atoms with Crippen LogP contribution >= 0.6 is 23.2 Å². The molecule has 0 heterocycles. The number of halogens is 2. The van der Waals surface area contributed by atoms with Gasteiger partial charge in [-0.15, -0.1) is 0 Å². The summed E-state index contributed by atoms with van der Waals surface area (Å²) in [6.45, 7) is 1.07. The van der Waals surface area contributed by atoms with Crippen molar-refractivity contribution in [3.63, 3.8) is 0 Å². The van der Waals surface area contributed by atoms with E-state index in [9.17, 15) is 14.4 Å². The number of hydrogen-bond donors (Lipinski definition) is 1. The predicted molar refractivity (Wildman–Crippen MR) is 104 cm³/mol. The van der Waals surface area contributed by atoms with Crippen molar-refractivity contribution in [2.45, 2.75) is 13.0 Å². The Labute approximate surface area is 167 Å². The van der Waals surface area contributed by atoms with Crippen LogP contribution in [0.4, 0.5) is 5.69 Å². The minimum atomic E-state index is -1.00. The zero-order valence-electron chi connectivity index (χ0n) is 14.7. The van der Waals surface area contributed by atoms with Gasteiger partial charge < -0.3 is 15.0 Å². The number of likely N-dealkylation sites (N-methyl/N-ethyl adjacent to an activating group) is 1. The van der Waals surface area contributed by atoms with E-state index in [1.807, 2.05) is 6.07 Å². The Balaban J connectivity index is 1.87. The number of rotatable bonds is 6. The van der Waals surface area contributed by atoms with Crippen LogP contribution in [0.1, 0.15) is 17.3 Å². The van der Waals surface area contributed by atoms with Crippen LogP contribution in [0.25, 0.3) is 0 Å². The molecular formula is C19H18Cl2N2O4. The maximum atomic E-state index is 12.3. The van der Waals surface area contributed by atoms with E-state index in [2.05, 4.69) is 5.32 Å². The molecule has 1 atom stereocenters. The lowest BCUT2D eigenvalue weighted by molar-refractivity contribution is -0.152. The molecule has 2 aromatic carbocycles. The van der Waals surface area contributed by atoms with Gasteiger partial charge in [0.15, 0.2) is 6.10 Å². The Kier molecular flexibility index (Phi) is 7.21. The molecule has 2 rings (SSSR count). The van der Waals surface area contributed by atoms with E-state index in [-0.39, 0.29) is 16.5 Å². The number of carbonyl (C=O) groups is 3. The Morgan fingerprint density at radius 1 is 1.11 bits per heavy atom. The molecule has 27 heavy (non-hydrogen) atoms. The summed E-state index contributed by atoms with van der Waals surface area (Å²) in [5.74, 6) is -1.67. The van der Waals surface area contributed by atoms with Gasteiger partial charge in [-0.25, -0.2) is 0 Å². The number of anilines is 1. The van der Waals surface area contributed by atoms with Crippen molar-refractivity contribution in [3.05, 3.63) is 64.1 Å². The second kappa shape index (κ2) is 9.39. The highest BCUT2D eigenvalue weighted by molar-refractivity contribution is 6.36. The number of nitrogens with zero attached hydrogens (tertiary/aromatic N) is 1. The number of carbonyl (C=O) groups excluding carboxylic acids is 3. The minimum absolute atomic E-state index is 0.168. The number of esters is 1. The molecule has 2 amide bonds. The molecule has 2 aromatic rings. The van der Waals surface area contributed by atoms with Crippen LogP contribution in [0.2, 0.25) is 10.0 Å². The molecule has 0 unspecified atom stereocenters. The zero-order valence-corrected chi connectivity index (χ0v) is 16.3. The maximum absolute atomic E-state index is 12.3. The highest BCUT2D eigenvalue weighted by Crippen LogP contribution is 2.20. The van der Waals surface area contributed by atoms with Crippen LogP contribution in [-0.2, 0) is 14.3 Å². The Hall–Kier alpha value is -2.57. The van der Waals surface area contributed by atoms with Crippen LogP contribution in [0.3, 0.4) is 0 Å². The third-order valence-electron chi connectivity index (χ3n) is 3.70. The monoisotopic (exact) mass is 408 g/mol. The fourth-order valence-corrected chi connectivity index (χ4v) is 2.76. The third-order valence-corrected chi connectivity index (χ3v) is 4.25. The van der Waals surface area contributed by atoms with Gasteiger partial charge in [0.05, 0.1) is 10.6 Å². The molecule has 0 spiro atoms. The van der Waals surface area contributed by atoms with Crippen molar-refractivity contribution in [2.24, 2.45) is 0 Å². The first-order valence-corrected chi connectivity index (χ1v) is 8.80. The lowest BCUT2D eigenvalue weighted by Gasteiger charge is -2.21. The Morgan fingerprint density at radius 2 is 1.78 bits per heavy atom. The molecule has 0 radical (unpaired) electrons. The number of para-hydroxylation sites is 1. The van der Waals surface area contributed by atoms with E-state index >= 15 is 0 Å². The van der Waals surface area contributed by atoms with Crippen molar-refractivity contribution < 1.29 is 19.1 Å². The molecule has 0 aromatic heterocycles. The number of hydrogen-bond acceptors (Lipinski definition) is 4. The highest BCUT2D eigenvalue weighted by atomic mass is 35.5. The summed E-state index contributed by atoms with van der Waals surface area (Å²) in [6, 6.07) is 13.4. The predicted octanol–water partition coefficient (Wildman–Crippen LogP) is 3.32. The molecule has 142 valence electrons. The second-order valence-electron chi connectivity index (χ2n) is 5.67. The van der Waals surface area contributed by atoms with Crippen molar-refractivity contribution in [2.75, 3.05) is 18.5 Å². The number of benzene rings is 2. The van der Waals surface area contributed by atoms with Gasteiger partial charge in [0.2, 0.25) is 0 Å². The van der Waals surface area contributed by atoms with Gasteiger partial charge >= 0.3 is 5.97 Å². The van der Waals surface area contributed by atoms with E-state index in [1.54, 1.807) is 31.3 Å². The molecule has 0 fully saturated rings.